The van der Waals surface area contributed by atoms with E-state index in [-0.39, 0.29) is 11.4 Å². The van der Waals surface area contributed by atoms with Gasteiger partial charge in [0.2, 0.25) is 0 Å². The number of aliphatic hydroxyl groups is 1. The fourth-order valence-corrected chi connectivity index (χ4v) is 4.53. The highest BCUT2D eigenvalue weighted by Gasteiger charge is 2.55. The van der Waals surface area contributed by atoms with Gasteiger partial charge < -0.3 is 15.7 Å². The molecule has 1 saturated carbocycles. The molecule has 1 aromatic carbocycles. The van der Waals surface area contributed by atoms with E-state index in [2.05, 4.69) is 10.2 Å². The van der Waals surface area contributed by atoms with E-state index in [0.29, 0.717) is 24.0 Å². The van der Waals surface area contributed by atoms with Crippen LogP contribution in [0.4, 0.5) is 4.79 Å². The van der Waals surface area contributed by atoms with Crippen molar-refractivity contribution in [3.63, 3.8) is 0 Å². The molecule has 1 unspecified atom stereocenters. The molecule has 0 spiro atoms. The number of piperidine rings is 1. The van der Waals surface area contributed by atoms with Crippen molar-refractivity contribution in [3.8, 4) is 0 Å². The van der Waals surface area contributed by atoms with Crippen LogP contribution in [0.15, 0.2) is 18.3 Å². The molecule has 4 rings (SSSR count). The molecule has 128 valence electrons. The van der Waals surface area contributed by atoms with Crippen LogP contribution in [0.25, 0.3) is 10.9 Å². The molecule has 1 saturated heterocycles. The van der Waals surface area contributed by atoms with Crippen molar-refractivity contribution in [2.24, 2.45) is 17.1 Å². The van der Waals surface area contributed by atoms with Crippen molar-refractivity contribution >= 4 is 28.5 Å². The van der Waals surface area contributed by atoms with E-state index in [9.17, 15) is 9.90 Å². The van der Waals surface area contributed by atoms with Gasteiger partial charge in [-0.25, -0.2) is 4.79 Å². The number of nitrogens with one attached hydrogen (secondary N) is 1. The van der Waals surface area contributed by atoms with E-state index in [1.54, 1.807) is 11.1 Å². The van der Waals surface area contributed by atoms with Gasteiger partial charge in [-0.1, -0.05) is 11.6 Å². The number of likely N-dealkylation sites (tertiary alicyclic amines) is 1. The van der Waals surface area contributed by atoms with Crippen LogP contribution < -0.4 is 5.73 Å². The van der Waals surface area contributed by atoms with Crippen molar-refractivity contribution in [2.75, 3.05) is 13.1 Å². The number of benzene rings is 1. The second-order valence-corrected chi connectivity index (χ2v) is 7.50. The molecule has 2 aliphatic rings. The Balaban J connectivity index is 1.61. The van der Waals surface area contributed by atoms with Crippen LogP contribution in [0.3, 0.4) is 0 Å². The smallest absolute Gasteiger partial charge is 0.314 e. The second-order valence-electron chi connectivity index (χ2n) is 7.06. The lowest BCUT2D eigenvalue weighted by Crippen LogP contribution is -2.44. The van der Waals surface area contributed by atoms with Gasteiger partial charge in [-0.3, -0.25) is 5.10 Å². The molecule has 2 fully saturated rings. The molecule has 6 nitrogen and oxygen atoms in total. The van der Waals surface area contributed by atoms with E-state index in [1.807, 2.05) is 12.1 Å². The predicted octanol–water partition coefficient (Wildman–Crippen LogP) is 2.82. The number of aliphatic hydroxyl groups excluding tert-OH is 1. The summed E-state index contributed by atoms with van der Waals surface area (Å²) in [5.74, 6) is 0.389. The third-order valence-corrected chi connectivity index (χ3v) is 6.05. The number of carbonyl (C=O) groups is 1. The minimum Gasteiger partial charge on any atom is -0.388 e. The molecule has 1 aromatic heterocycles. The first kappa shape index (κ1) is 15.7. The molecule has 24 heavy (non-hydrogen) atoms. The Labute approximate surface area is 145 Å². The van der Waals surface area contributed by atoms with Gasteiger partial charge in [0.1, 0.15) is 0 Å². The molecule has 2 amide bonds. The largest absolute Gasteiger partial charge is 0.388 e. The standard InChI is InChI=1S/C17H21ClN4O2/c18-12-7-10-9-20-21-14(10)13(8-12)15(23)17(3-4-17)11-1-5-22(6-2-11)16(19)24/h7-9,11,15,23H,1-6H2,(H2,19,24)(H,20,21). The van der Waals surface area contributed by atoms with Crippen LogP contribution in [0.2, 0.25) is 5.02 Å². The topological polar surface area (TPSA) is 95.2 Å². The van der Waals surface area contributed by atoms with Gasteiger partial charge in [-0.15, -0.1) is 0 Å². The van der Waals surface area contributed by atoms with Crippen molar-refractivity contribution in [1.29, 1.82) is 0 Å². The number of nitrogens with two attached hydrogens (primary N) is 1. The molecule has 2 heterocycles. The minimum absolute atomic E-state index is 0.119. The number of aromatic nitrogens is 2. The lowest BCUT2D eigenvalue weighted by molar-refractivity contribution is 0.0312. The van der Waals surface area contributed by atoms with E-state index < -0.39 is 6.10 Å². The average molecular weight is 349 g/mol. The maximum absolute atomic E-state index is 11.3. The number of nitrogens with zero attached hydrogens (tertiary/aromatic N) is 2. The molecule has 7 heteroatoms. The highest BCUT2D eigenvalue weighted by molar-refractivity contribution is 6.31. The number of H-pyrrole nitrogens is 1. The maximum atomic E-state index is 11.3. The van der Waals surface area contributed by atoms with Crippen molar-refractivity contribution in [1.82, 2.24) is 15.1 Å². The number of primary amides is 1. The molecule has 4 N–H and O–H groups in total. The van der Waals surface area contributed by atoms with Crippen LogP contribution in [0.5, 0.6) is 0 Å². The van der Waals surface area contributed by atoms with Gasteiger partial charge in [0.05, 0.1) is 17.8 Å². The Kier molecular flexibility index (Phi) is 3.69. The molecule has 1 aliphatic heterocycles. The molecule has 1 aliphatic carbocycles. The Bertz CT molecular complexity index is 778. The lowest BCUT2D eigenvalue weighted by Gasteiger charge is -2.38. The summed E-state index contributed by atoms with van der Waals surface area (Å²) in [4.78, 5) is 13.0. The summed E-state index contributed by atoms with van der Waals surface area (Å²) in [6.07, 6.45) is 4.90. The molecular formula is C17H21ClN4O2. The first-order valence-electron chi connectivity index (χ1n) is 8.36. The molecule has 1 atom stereocenters. The zero-order valence-electron chi connectivity index (χ0n) is 13.3. The highest BCUT2D eigenvalue weighted by atomic mass is 35.5. The first-order chi connectivity index (χ1) is 11.5. The van der Waals surface area contributed by atoms with Gasteiger partial charge >= 0.3 is 6.03 Å². The second kappa shape index (κ2) is 5.63. The Morgan fingerprint density at radius 2 is 2.12 bits per heavy atom. The van der Waals surface area contributed by atoms with Gasteiger partial charge in [0.15, 0.2) is 0 Å². The number of urea groups is 1. The normalized spacial score (nSPS) is 21.8. The van der Waals surface area contributed by atoms with E-state index in [4.69, 9.17) is 17.3 Å². The number of fused-ring (bicyclic) bond motifs is 1. The molecule has 2 aromatic rings. The number of amides is 2. The third-order valence-electron chi connectivity index (χ3n) is 5.83. The Morgan fingerprint density at radius 1 is 1.42 bits per heavy atom. The zero-order valence-corrected chi connectivity index (χ0v) is 14.1. The van der Waals surface area contributed by atoms with Crippen LogP contribution >= 0.6 is 11.6 Å². The van der Waals surface area contributed by atoms with Crippen LogP contribution in [0, 0.1) is 11.3 Å². The summed E-state index contributed by atoms with van der Waals surface area (Å²) >= 11 is 6.22. The maximum Gasteiger partial charge on any atom is 0.314 e. The van der Waals surface area contributed by atoms with E-state index in [0.717, 1.165) is 42.1 Å². The fraction of sp³-hybridized carbons (Fsp3) is 0.529. The quantitative estimate of drug-likeness (QED) is 0.795. The Morgan fingerprint density at radius 3 is 2.75 bits per heavy atom. The number of rotatable bonds is 3. The average Bonchev–Trinajstić information content (AvgIpc) is 3.25. The van der Waals surface area contributed by atoms with E-state index in [1.165, 1.54) is 0 Å². The van der Waals surface area contributed by atoms with Crippen molar-refractivity contribution < 1.29 is 9.90 Å². The SMILES string of the molecule is NC(=O)N1CCC(C2(C(O)c3cc(Cl)cc4cn[nH]c34)CC2)CC1. The number of hydrogen-bond donors (Lipinski definition) is 3. The Hall–Kier alpha value is -1.79. The van der Waals surface area contributed by atoms with E-state index >= 15 is 0 Å². The van der Waals surface area contributed by atoms with Crippen molar-refractivity contribution in [2.45, 2.75) is 31.8 Å². The number of carbonyl (C=O) groups excluding carboxylic acids is 1. The lowest BCUT2D eigenvalue weighted by atomic mass is 9.76. The monoisotopic (exact) mass is 348 g/mol. The van der Waals surface area contributed by atoms with Gasteiger partial charge in [0, 0.05) is 34.5 Å². The first-order valence-corrected chi connectivity index (χ1v) is 8.74. The summed E-state index contributed by atoms with van der Waals surface area (Å²) in [7, 11) is 0. The summed E-state index contributed by atoms with van der Waals surface area (Å²) in [6, 6.07) is 3.33. The number of hydrogen-bond acceptors (Lipinski definition) is 3. The highest BCUT2D eigenvalue weighted by Crippen LogP contribution is 2.63. The molecule has 0 bridgehead atoms. The molecular weight excluding hydrogens is 328 g/mol. The summed E-state index contributed by atoms with van der Waals surface area (Å²) in [5, 5.41) is 19.7. The number of halogens is 1. The number of aromatic amines is 1. The van der Waals surface area contributed by atoms with Crippen molar-refractivity contribution in [3.05, 3.63) is 28.9 Å². The predicted molar refractivity (Wildman–Crippen MR) is 91.6 cm³/mol. The van der Waals surface area contributed by atoms with Gasteiger partial charge in [-0.05, 0) is 43.7 Å². The summed E-state index contributed by atoms with van der Waals surface area (Å²) in [5.41, 5.74) is 6.93. The summed E-state index contributed by atoms with van der Waals surface area (Å²) in [6.45, 7) is 1.34. The summed E-state index contributed by atoms with van der Waals surface area (Å²) < 4.78 is 0. The third kappa shape index (κ3) is 2.45. The molecule has 0 radical (unpaired) electrons. The van der Waals surface area contributed by atoms with Gasteiger partial charge in [-0.2, -0.15) is 5.10 Å². The van der Waals surface area contributed by atoms with Crippen LogP contribution in [0.1, 0.15) is 37.4 Å². The van der Waals surface area contributed by atoms with Crippen LogP contribution in [-0.2, 0) is 0 Å². The zero-order chi connectivity index (χ0) is 16.9. The minimum atomic E-state index is -0.579. The van der Waals surface area contributed by atoms with Gasteiger partial charge in [0.25, 0.3) is 0 Å². The van der Waals surface area contributed by atoms with Crippen LogP contribution in [-0.4, -0.2) is 39.3 Å². The fourth-order valence-electron chi connectivity index (χ4n) is 4.30.